The first-order valence-electron chi connectivity index (χ1n) is 7.50. The predicted octanol–water partition coefficient (Wildman–Crippen LogP) is 1.66. The van der Waals surface area contributed by atoms with Crippen LogP contribution in [0.2, 0.25) is 0 Å². The van der Waals surface area contributed by atoms with E-state index in [9.17, 15) is 4.79 Å². The van der Waals surface area contributed by atoms with Crippen molar-refractivity contribution in [2.75, 3.05) is 13.1 Å². The van der Waals surface area contributed by atoms with E-state index in [0.29, 0.717) is 18.6 Å². The summed E-state index contributed by atoms with van der Waals surface area (Å²) in [6.07, 6.45) is 7.16. The Morgan fingerprint density at radius 3 is 2.63 bits per heavy atom. The first kappa shape index (κ1) is 16.2. The monoisotopic (exact) mass is 267 g/mol. The number of amides is 1. The van der Waals surface area contributed by atoms with Crippen LogP contribution < -0.4 is 11.1 Å². The smallest absolute Gasteiger partial charge is 0.237 e. The fourth-order valence-electron chi connectivity index (χ4n) is 2.85. The topological polar surface area (TPSA) is 58.4 Å². The number of carbonyl (C=O) groups excluding carboxylic acids is 1. The molecule has 0 aromatic rings. The maximum atomic E-state index is 12.1. The summed E-state index contributed by atoms with van der Waals surface area (Å²) in [6, 6.07) is 0.785. The lowest BCUT2D eigenvalue weighted by Gasteiger charge is -2.39. The molecule has 19 heavy (non-hydrogen) atoms. The van der Waals surface area contributed by atoms with Crippen molar-refractivity contribution in [3.05, 3.63) is 12.7 Å². The van der Waals surface area contributed by atoms with Gasteiger partial charge < -0.3 is 11.1 Å². The highest BCUT2D eigenvalue weighted by molar-refractivity contribution is 5.81. The lowest BCUT2D eigenvalue weighted by molar-refractivity contribution is -0.126. The number of rotatable bonds is 7. The van der Waals surface area contributed by atoms with Gasteiger partial charge in [-0.2, -0.15) is 0 Å². The number of hydrogen-bond acceptors (Lipinski definition) is 3. The summed E-state index contributed by atoms with van der Waals surface area (Å²) in [4.78, 5) is 14.5. The Balaban J connectivity index is 2.59. The van der Waals surface area contributed by atoms with E-state index in [1.165, 1.54) is 0 Å². The van der Waals surface area contributed by atoms with Gasteiger partial charge in [-0.3, -0.25) is 9.69 Å². The minimum Gasteiger partial charge on any atom is -0.351 e. The van der Waals surface area contributed by atoms with Crippen molar-refractivity contribution in [3.8, 4) is 0 Å². The fraction of sp³-hybridized carbons (Fsp3) is 0.800. The normalized spacial score (nSPS) is 25.1. The minimum absolute atomic E-state index is 0.0702. The Morgan fingerprint density at radius 1 is 1.47 bits per heavy atom. The number of nitrogens with zero attached hydrogens (tertiary/aromatic N) is 1. The fourth-order valence-corrected chi connectivity index (χ4v) is 2.85. The van der Waals surface area contributed by atoms with E-state index < -0.39 is 0 Å². The van der Waals surface area contributed by atoms with Crippen molar-refractivity contribution in [2.45, 2.75) is 64.1 Å². The van der Waals surface area contributed by atoms with Crippen LogP contribution in [0.1, 0.15) is 46.0 Å². The highest BCUT2D eigenvalue weighted by Crippen LogP contribution is 2.24. The van der Waals surface area contributed by atoms with Crippen LogP contribution in [-0.2, 0) is 4.79 Å². The molecule has 0 saturated heterocycles. The number of carbonyl (C=O) groups is 1. The molecule has 0 aliphatic heterocycles. The van der Waals surface area contributed by atoms with Crippen molar-refractivity contribution < 1.29 is 4.79 Å². The molecule has 1 aliphatic carbocycles. The summed E-state index contributed by atoms with van der Waals surface area (Å²) < 4.78 is 0. The van der Waals surface area contributed by atoms with E-state index >= 15 is 0 Å². The Bertz CT molecular complexity index is 285. The highest BCUT2D eigenvalue weighted by atomic mass is 16.2. The van der Waals surface area contributed by atoms with Crippen molar-refractivity contribution in [1.82, 2.24) is 10.2 Å². The van der Waals surface area contributed by atoms with Gasteiger partial charge in [-0.25, -0.2) is 0 Å². The van der Waals surface area contributed by atoms with Gasteiger partial charge in [0.05, 0.1) is 6.04 Å². The van der Waals surface area contributed by atoms with Gasteiger partial charge >= 0.3 is 0 Å². The van der Waals surface area contributed by atoms with Crippen molar-refractivity contribution in [3.63, 3.8) is 0 Å². The van der Waals surface area contributed by atoms with E-state index in [-0.39, 0.29) is 11.9 Å². The third kappa shape index (κ3) is 4.96. The molecule has 110 valence electrons. The number of hydrogen-bond donors (Lipinski definition) is 2. The van der Waals surface area contributed by atoms with Crippen LogP contribution in [0, 0.1) is 0 Å². The molecule has 0 bridgehead atoms. The van der Waals surface area contributed by atoms with E-state index in [1.807, 2.05) is 6.92 Å². The van der Waals surface area contributed by atoms with E-state index in [0.717, 1.165) is 38.6 Å². The molecule has 4 heteroatoms. The van der Waals surface area contributed by atoms with E-state index in [1.54, 1.807) is 6.08 Å². The molecule has 0 radical (unpaired) electrons. The van der Waals surface area contributed by atoms with Crippen LogP contribution in [0.3, 0.4) is 0 Å². The van der Waals surface area contributed by atoms with Gasteiger partial charge in [-0.05, 0) is 45.6 Å². The van der Waals surface area contributed by atoms with Gasteiger partial charge in [0.2, 0.25) is 5.91 Å². The van der Waals surface area contributed by atoms with Crippen LogP contribution in [0.25, 0.3) is 0 Å². The standard InChI is InChI=1S/C15H29N3O/c1-4-10-17-15(19)12(3)18(11-5-2)14-8-6-13(16)7-9-14/h4,12-14H,1,5-11,16H2,2-3H3,(H,17,19). The minimum atomic E-state index is -0.0702. The Morgan fingerprint density at radius 2 is 2.11 bits per heavy atom. The van der Waals surface area contributed by atoms with E-state index in [4.69, 9.17) is 5.73 Å². The van der Waals surface area contributed by atoms with E-state index in [2.05, 4.69) is 23.7 Å². The van der Waals surface area contributed by atoms with Crippen molar-refractivity contribution >= 4 is 5.91 Å². The second kappa shape index (κ2) is 8.33. The average Bonchev–Trinajstić information content (AvgIpc) is 2.42. The molecule has 1 fully saturated rings. The molecule has 3 N–H and O–H groups in total. The van der Waals surface area contributed by atoms with Gasteiger partial charge in [0.15, 0.2) is 0 Å². The van der Waals surface area contributed by atoms with Crippen molar-refractivity contribution in [1.29, 1.82) is 0 Å². The lowest BCUT2D eigenvalue weighted by Crippen LogP contribution is -2.51. The summed E-state index contributed by atoms with van der Waals surface area (Å²) in [7, 11) is 0. The molecule has 1 rings (SSSR count). The number of nitrogens with one attached hydrogen (secondary N) is 1. The largest absolute Gasteiger partial charge is 0.351 e. The molecule has 0 aromatic carbocycles. The molecule has 1 atom stereocenters. The molecule has 1 amide bonds. The van der Waals surface area contributed by atoms with Crippen LogP contribution in [0.15, 0.2) is 12.7 Å². The second-order valence-corrected chi connectivity index (χ2v) is 5.52. The zero-order chi connectivity index (χ0) is 14.3. The van der Waals surface area contributed by atoms with Crippen LogP contribution in [0.4, 0.5) is 0 Å². The van der Waals surface area contributed by atoms with Crippen LogP contribution in [0.5, 0.6) is 0 Å². The van der Waals surface area contributed by atoms with Gasteiger partial charge in [0.1, 0.15) is 0 Å². The third-order valence-corrected chi connectivity index (χ3v) is 3.99. The SMILES string of the molecule is C=CCNC(=O)C(C)N(CCC)C1CCC(N)CC1. The van der Waals surface area contributed by atoms with Crippen LogP contribution >= 0.6 is 0 Å². The molecule has 1 aliphatic rings. The Hall–Kier alpha value is -0.870. The molecular weight excluding hydrogens is 238 g/mol. The quantitative estimate of drug-likeness (QED) is 0.690. The molecular formula is C15H29N3O. The van der Waals surface area contributed by atoms with Crippen LogP contribution in [-0.4, -0.2) is 42.0 Å². The highest BCUT2D eigenvalue weighted by Gasteiger charge is 2.29. The summed E-state index contributed by atoms with van der Waals surface area (Å²) in [5.74, 6) is 0.100. The summed E-state index contributed by atoms with van der Waals surface area (Å²) in [5.41, 5.74) is 5.96. The summed E-state index contributed by atoms with van der Waals surface area (Å²) in [6.45, 7) is 9.31. The molecule has 1 saturated carbocycles. The number of nitrogens with two attached hydrogens (primary N) is 1. The summed E-state index contributed by atoms with van der Waals surface area (Å²) >= 11 is 0. The van der Waals surface area contributed by atoms with Gasteiger partial charge in [-0.1, -0.05) is 13.0 Å². The maximum absolute atomic E-state index is 12.1. The molecule has 4 nitrogen and oxygen atoms in total. The Kier molecular flexibility index (Phi) is 7.10. The predicted molar refractivity (Wildman–Crippen MR) is 79.9 cm³/mol. The first-order valence-corrected chi connectivity index (χ1v) is 7.50. The van der Waals surface area contributed by atoms with Gasteiger partial charge in [-0.15, -0.1) is 6.58 Å². The first-order chi connectivity index (χ1) is 9.10. The third-order valence-electron chi connectivity index (χ3n) is 3.99. The average molecular weight is 267 g/mol. The molecule has 0 aromatic heterocycles. The van der Waals surface area contributed by atoms with Gasteiger partial charge in [0, 0.05) is 18.6 Å². The lowest BCUT2D eigenvalue weighted by atomic mass is 9.90. The molecule has 0 heterocycles. The summed E-state index contributed by atoms with van der Waals surface area (Å²) in [5, 5.41) is 2.90. The zero-order valence-electron chi connectivity index (χ0n) is 12.4. The molecule has 1 unspecified atom stereocenters. The Labute approximate surface area is 117 Å². The van der Waals surface area contributed by atoms with Crippen molar-refractivity contribution in [2.24, 2.45) is 5.73 Å². The van der Waals surface area contributed by atoms with Gasteiger partial charge in [0.25, 0.3) is 0 Å². The second-order valence-electron chi connectivity index (χ2n) is 5.52. The molecule has 0 spiro atoms. The zero-order valence-corrected chi connectivity index (χ0v) is 12.4. The maximum Gasteiger partial charge on any atom is 0.237 e.